The maximum atomic E-state index is 11.8. The van der Waals surface area contributed by atoms with Crippen molar-refractivity contribution in [2.75, 3.05) is 0 Å². The standard InChI is InChI=1S/C19H19NO/c1-4-19(21)14-5-6-17-16(10-14)11-18(20-17)15-8-12(2)7-13(3)9-15/h5-10H,4,11H2,1-3H3. The van der Waals surface area contributed by atoms with Gasteiger partial charge in [-0.05, 0) is 43.2 Å². The third-order valence-electron chi connectivity index (χ3n) is 3.89. The summed E-state index contributed by atoms with van der Waals surface area (Å²) in [4.78, 5) is 16.6. The fourth-order valence-corrected chi connectivity index (χ4v) is 2.89. The van der Waals surface area contributed by atoms with E-state index in [4.69, 9.17) is 4.99 Å². The summed E-state index contributed by atoms with van der Waals surface area (Å²) in [6, 6.07) is 12.4. The predicted molar refractivity (Wildman–Crippen MR) is 86.9 cm³/mol. The summed E-state index contributed by atoms with van der Waals surface area (Å²) in [5.41, 5.74) is 7.74. The molecule has 0 saturated carbocycles. The molecule has 2 aromatic carbocycles. The van der Waals surface area contributed by atoms with E-state index in [9.17, 15) is 4.79 Å². The van der Waals surface area contributed by atoms with Crippen LogP contribution < -0.4 is 0 Å². The first-order chi connectivity index (χ1) is 10.1. The van der Waals surface area contributed by atoms with E-state index in [0.717, 1.165) is 28.9 Å². The van der Waals surface area contributed by atoms with Crippen LogP contribution in [0.4, 0.5) is 5.69 Å². The molecule has 0 atom stereocenters. The average Bonchev–Trinajstić information content (AvgIpc) is 2.88. The van der Waals surface area contributed by atoms with Gasteiger partial charge in [-0.3, -0.25) is 9.79 Å². The van der Waals surface area contributed by atoms with E-state index in [-0.39, 0.29) is 5.78 Å². The zero-order chi connectivity index (χ0) is 15.0. The van der Waals surface area contributed by atoms with E-state index in [2.05, 4.69) is 32.0 Å². The number of fused-ring (bicyclic) bond motifs is 1. The van der Waals surface area contributed by atoms with Crippen LogP contribution >= 0.6 is 0 Å². The molecule has 0 amide bonds. The highest BCUT2D eigenvalue weighted by molar-refractivity contribution is 6.07. The number of hydrogen-bond donors (Lipinski definition) is 0. The highest BCUT2D eigenvalue weighted by Crippen LogP contribution is 2.30. The van der Waals surface area contributed by atoms with Gasteiger partial charge < -0.3 is 0 Å². The van der Waals surface area contributed by atoms with Gasteiger partial charge in [-0.25, -0.2) is 0 Å². The number of aryl methyl sites for hydroxylation is 2. The van der Waals surface area contributed by atoms with E-state index >= 15 is 0 Å². The van der Waals surface area contributed by atoms with Gasteiger partial charge in [-0.2, -0.15) is 0 Å². The number of benzene rings is 2. The van der Waals surface area contributed by atoms with Crippen molar-refractivity contribution in [1.29, 1.82) is 0 Å². The number of carbonyl (C=O) groups is 1. The van der Waals surface area contributed by atoms with Gasteiger partial charge in [0, 0.05) is 18.4 Å². The largest absolute Gasteiger partial charge is 0.294 e. The average molecular weight is 277 g/mol. The van der Waals surface area contributed by atoms with Crippen molar-refractivity contribution in [2.24, 2.45) is 4.99 Å². The van der Waals surface area contributed by atoms with Gasteiger partial charge >= 0.3 is 0 Å². The highest BCUT2D eigenvalue weighted by atomic mass is 16.1. The molecule has 0 fully saturated rings. The van der Waals surface area contributed by atoms with E-state index in [0.29, 0.717) is 6.42 Å². The topological polar surface area (TPSA) is 29.4 Å². The predicted octanol–water partition coefficient (Wildman–Crippen LogP) is 4.57. The lowest BCUT2D eigenvalue weighted by Gasteiger charge is -2.04. The molecule has 2 aromatic rings. The normalized spacial score (nSPS) is 13.0. The fraction of sp³-hybridized carbons (Fsp3) is 0.263. The minimum Gasteiger partial charge on any atom is -0.294 e. The van der Waals surface area contributed by atoms with Crippen molar-refractivity contribution in [3.8, 4) is 0 Å². The Balaban J connectivity index is 1.94. The van der Waals surface area contributed by atoms with Gasteiger partial charge in [0.25, 0.3) is 0 Å². The molecule has 21 heavy (non-hydrogen) atoms. The second kappa shape index (κ2) is 5.28. The van der Waals surface area contributed by atoms with Crippen molar-refractivity contribution in [1.82, 2.24) is 0 Å². The molecule has 2 nitrogen and oxygen atoms in total. The summed E-state index contributed by atoms with van der Waals surface area (Å²) in [5, 5.41) is 0. The van der Waals surface area contributed by atoms with Gasteiger partial charge in [-0.15, -0.1) is 0 Å². The smallest absolute Gasteiger partial charge is 0.162 e. The Kier molecular flexibility index (Phi) is 3.46. The summed E-state index contributed by atoms with van der Waals surface area (Å²) in [5.74, 6) is 0.192. The summed E-state index contributed by atoms with van der Waals surface area (Å²) >= 11 is 0. The number of ketones is 1. The van der Waals surface area contributed by atoms with Gasteiger partial charge in [0.15, 0.2) is 5.78 Å². The van der Waals surface area contributed by atoms with Gasteiger partial charge in [0.2, 0.25) is 0 Å². The molecule has 0 spiro atoms. The van der Waals surface area contributed by atoms with Crippen LogP contribution in [0.25, 0.3) is 0 Å². The van der Waals surface area contributed by atoms with Crippen LogP contribution in [-0.4, -0.2) is 11.5 Å². The molecular weight excluding hydrogens is 258 g/mol. The summed E-state index contributed by atoms with van der Waals surface area (Å²) in [6.45, 7) is 6.11. The van der Waals surface area contributed by atoms with Crippen LogP contribution in [0.2, 0.25) is 0 Å². The Hall–Kier alpha value is -2.22. The van der Waals surface area contributed by atoms with Crippen molar-refractivity contribution >= 4 is 17.2 Å². The Labute approximate surface area is 125 Å². The van der Waals surface area contributed by atoms with Gasteiger partial charge in [-0.1, -0.05) is 36.2 Å². The molecule has 1 aliphatic heterocycles. The molecule has 0 bridgehead atoms. The van der Waals surface area contributed by atoms with Crippen LogP contribution in [0.3, 0.4) is 0 Å². The van der Waals surface area contributed by atoms with Crippen LogP contribution in [0.15, 0.2) is 41.4 Å². The Morgan fingerprint density at radius 2 is 1.81 bits per heavy atom. The second-order valence-electron chi connectivity index (χ2n) is 5.73. The molecule has 0 saturated heterocycles. The van der Waals surface area contributed by atoms with Crippen LogP contribution in [0, 0.1) is 13.8 Å². The van der Waals surface area contributed by atoms with Gasteiger partial charge in [0.05, 0.1) is 11.4 Å². The number of aliphatic imine (C=N–C) groups is 1. The first kappa shape index (κ1) is 13.7. The molecule has 3 rings (SSSR count). The van der Waals surface area contributed by atoms with Crippen LogP contribution in [0.5, 0.6) is 0 Å². The fourth-order valence-electron chi connectivity index (χ4n) is 2.89. The summed E-state index contributed by atoms with van der Waals surface area (Å²) < 4.78 is 0. The highest BCUT2D eigenvalue weighted by Gasteiger charge is 2.18. The van der Waals surface area contributed by atoms with Crippen molar-refractivity contribution < 1.29 is 4.79 Å². The van der Waals surface area contributed by atoms with Crippen molar-refractivity contribution in [3.63, 3.8) is 0 Å². The van der Waals surface area contributed by atoms with E-state index in [1.54, 1.807) is 0 Å². The van der Waals surface area contributed by atoms with E-state index < -0.39 is 0 Å². The third kappa shape index (κ3) is 2.66. The monoisotopic (exact) mass is 277 g/mol. The number of Topliss-reactive ketones (excluding diaryl/α,β-unsaturated/α-hetero) is 1. The van der Waals surface area contributed by atoms with E-state index in [1.165, 1.54) is 16.7 Å². The first-order valence-electron chi connectivity index (χ1n) is 7.39. The summed E-state index contributed by atoms with van der Waals surface area (Å²) in [6.07, 6.45) is 1.35. The van der Waals surface area contributed by atoms with Gasteiger partial charge in [0.1, 0.15) is 0 Å². The number of carbonyl (C=O) groups excluding carboxylic acids is 1. The molecular formula is C19H19NO. The lowest BCUT2D eigenvalue weighted by atomic mass is 9.98. The quantitative estimate of drug-likeness (QED) is 0.755. The minimum atomic E-state index is 0.192. The minimum absolute atomic E-state index is 0.192. The number of nitrogens with zero attached hydrogens (tertiary/aromatic N) is 1. The molecule has 0 aliphatic carbocycles. The maximum Gasteiger partial charge on any atom is 0.162 e. The molecule has 1 aliphatic rings. The second-order valence-corrected chi connectivity index (χ2v) is 5.73. The third-order valence-corrected chi connectivity index (χ3v) is 3.89. The number of rotatable bonds is 3. The zero-order valence-electron chi connectivity index (χ0n) is 12.7. The molecule has 106 valence electrons. The molecule has 0 N–H and O–H groups in total. The lowest BCUT2D eigenvalue weighted by Crippen LogP contribution is -2.02. The lowest BCUT2D eigenvalue weighted by molar-refractivity contribution is 0.0988. The number of hydrogen-bond acceptors (Lipinski definition) is 2. The van der Waals surface area contributed by atoms with Crippen molar-refractivity contribution in [2.45, 2.75) is 33.6 Å². The van der Waals surface area contributed by atoms with Crippen LogP contribution in [-0.2, 0) is 6.42 Å². The Bertz CT molecular complexity index is 736. The molecule has 0 aromatic heterocycles. The van der Waals surface area contributed by atoms with Crippen LogP contribution in [0.1, 0.15) is 46.0 Å². The molecule has 0 unspecified atom stereocenters. The molecule has 2 heteroatoms. The molecule has 1 heterocycles. The zero-order valence-corrected chi connectivity index (χ0v) is 12.7. The van der Waals surface area contributed by atoms with Crippen molar-refractivity contribution in [3.05, 3.63) is 64.2 Å². The van der Waals surface area contributed by atoms with E-state index in [1.807, 2.05) is 25.1 Å². The first-order valence-corrected chi connectivity index (χ1v) is 7.39. The molecule has 0 radical (unpaired) electrons. The SMILES string of the molecule is CCC(=O)c1ccc2c(c1)CC(c1cc(C)cc(C)c1)=N2. The Morgan fingerprint density at radius 1 is 1.10 bits per heavy atom. The summed E-state index contributed by atoms with van der Waals surface area (Å²) in [7, 11) is 0. The maximum absolute atomic E-state index is 11.8. The Morgan fingerprint density at radius 3 is 2.48 bits per heavy atom.